The lowest BCUT2D eigenvalue weighted by molar-refractivity contribution is 0.0422. The second-order valence-electron chi connectivity index (χ2n) is 4.09. The molecule has 1 atom stereocenters. The van der Waals surface area contributed by atoms with Crippen LogP contribution in [0.25, 0.3) is 0 Å². The van der Waals surface area contributed by atoms with Gasteiger partial charge in [0.1, 0.15) is 0 Å². The standard InChI is InChI=1S/C10H16O/c1-7-5-9(11)10(3,4)6-8(7)2/h9,11H,1-2,5-6H2,3-4H3. The zero-order valence-corrected chi connectivity index (χ0v) is 7.35. The van der Waals surface area contributed by atoms with Gasteiger partial charge in [0, 0.05) is 0 Å². The van der Waals surface area contributed by atoms with Crippen molar-refractivity contribution in [3.63, 3.8) is 0 Å². The highest BCUT2D eigenvalue weighted by Gasteiger charge is 2.33. The van der Waals surface area contributed by atoms with Crippen LogP contribution in [0.5, 0.6) is 0 Å². The molecule has 0 amide bonds. The van der Waals surface area contributed by atoms with E-state index < -0.39 is 0 Å². The first kappa shape index (κ1) is 8.54. The number of hydrogen-bond acceptors (Lipinski definition) is 1. The zero-order chi connectivity index (χ0) is 8.65. The normalized spacial score (nSPS) is 30.6. The molecule has 11 heavy (non-hydrogen) atoms. The van der Waals surface area contributed by atoms with Crippen LogP contribution < -0.4 is 0 Å². The fraction of sp³-hybridized carbons (Fsp3) is 0.600. The van der Waals surface area contributed by atoms with Crippen molar-refractivity contribution < 1.29 is 5.11 Å². The van der Waals surface area contributed by atoms with Gasteiger partial charge in [-0.05, 0) is 23.8 Å². The van der Waals surface area contributed by atoms with E-state index in [9.17, 15) is 5.11 Å². The van der Waals surface area contributed by atoms with Crippen LogP contribution in [0.4, 0.5) is 0 Å². The molecular weight excluding hydrogens is 136 g/mol. The molecule has 1 fully saturated rings. The van der Waals surface area contributed by atoms with Gasteiger partial charge in [-0.2, -0.15) is 0 Å². The fourth-order valence-electron chi connectivity index (χ4n) is 1.45. The summed E-state index contributed by atoms with van der Waals surface area (Å²) in [6, 6.07) is 0. The van der Waals surface area contributed by atoms with Crippen molar-refractivity contribution in [2.75, 3.05) is 0 Å². The molecule has 62 valence electrons. The van der Waals surface area contributed by atoms with Gasteiger partial charge in [-0.15, -0.1) is 0 Å². The second-order valence-corrected chi connectivity index (χ2v) is 4.09. The maximum absolute atomic E-state index is 9.62. The van der Waals surface area contributed by atoms with Crippen LogP contribution in [-0.4, -0.2) is 11.2 Å². The average molecular weight is 152 g/mol. The summed E-state index contributed by atoms with van der Waals surface area (Å²) in [7, 11) is 0. The number of aliphatic hydroxyl groups excluding tert-OH is 1. The van der Waals surface area contributed by atoms with Gasteiger partial charge in [0.2, 0.25) is 0 Å². The predicted molar refractivity (Wildman–Crippen MR) is 47.3 cm³/mol. The molecule has 1 nitrogen and oxygen atoms in total. The zero-order valence-electron chi connectivity index (χ0n) is 7.35. The Kier molecular flexibility index (Phi) is 1.93. The summed E-state index contributed by atoms with van der Waals surface area (Å²) in [5, 5.41) is 9.62. The molecular formula is C10H16O. The summed E-state index contributed by atoms with van der Waals surface area (Å²) in [6.07, 6.45) is 1.30. The Labute approximate surface area is 68.4 Å². The van der Waals surface area contributed by atoms with Gasteiger partial charge in [0.05, 0.1) is 6.10 Å². The number of aliphatic hydroxyl groups is 1. The SMILES string of the molecule is C=C1CC(O)C(C)(C)CC1=C. The third-order valence-electron chi connectivity index (χ3n) is 2.51. The van der Waals surface area contributed by atoms with Crippen LogP contribution >= 0.6 is 0 Å². The van der Waals surface area contributed by atoms with Gasteiger partial charge < -0.3 is 5.11 Å². The summed E-state index contributed by atoms with van der Waals surface area (Å²) in [5.74, 6) is 0. The molecule has 0 aromatic rings. The van der Waals surface area contributed by atoms with E-state index in [1.165, 1.54) is 0 Å². The number of allylic oxidation sites excluding steroid dienone is 1. The van der Waals surface area contributed by atoms with Gasteiger partial charge >= 0.3 is 0 Å². The van der Waals surface area contributed by atoms with Crippen molar-refractivity contribution in [2.24, 2.45) is 5.41 Å². The Morgan fingerprint density at radius 2 is 1.91 bits per heavy atom. The van der Waals surface area contributed by atoms with E-state index in [1.54, 1.807) is 0 Å². The molecule has 1 N–H and O–H groups in total. The summed E-state index contributed by atoms with van der Waals surface area (Å²) in [6.45, 7) is 11.9. The van der Waals surface area contributed by atoms with E-state index in [-0.39, 0.29) is 11.5 Å². The van der Waals surface area contributed by atoms with Crippen LogP contribution in [-0.2, 0) is 0 Å². The van der Waals surface area contributed by atoms with E-state index in [2.05, 4.69) is 27.0 Å². The lowest BCUT2D eigenvalue weighted by atomic mass is 9.71. The van der Waals surface area contributed by atoms with Gasteiger partial charge in [-0.3, -0.25) is 0 Å². The highest BCUT2D eigenvalue weighted by Crippen LogP contribution is 2.39. The molecule has 0 aromatic heterocycles. The lowest BCUT2D eigenvalue weighted by Gasteiger charge is -2.37. The minimum Gasteiger partial charge on any atom is -0.392 e. The molecule has 0 radical (unpaired) electrons. The van der Waals surface area contributed by atoms with Gasteiger partial charge in [-0.25, -0.2) is 0 Å². The molecule has 0 heterocycles. The highest BCUT2D eigenvalue weighted by atomic mass is 16.3. The monoisotopic (exact) mass is 152 g/mol. The van der Waals surface area contributed by atoms with Crippen molar-refractivity contribution in [1.29, 1.82) is 0 Å². The van der Waals surface area contributed by atoms with Crippen molar-refractivity contribution >= 4 is 0 Å². The third-order valence-corrected chi connectivity index (χ3v) is 2.51. The van der Waals surface area contributed by atoms with Crippen LogP contribution in [0.3, 0.4) is 0 Å². The van der Waals surface area contributed by atoms with Crippen molar-refractivity contribution in [1.82, 2.24) is 0 Å². The predicted octanol–water partition coefficient (Wildman–Crippen LogP) is 2.28. The summed E-state index contributed by atoms with van der Waals surface area (Å²) in [4.78, 5) is 0. The fourth-order valence-corrected chi connectivity index (χ4v) is 1.45. The van der Waals surface area contributed by atoms with Gasteiger partial charge in [-0.1, -0.05) is 32.6 Å². The second kappa shape index (κ2) is 2.49. The molecule has 1 aliphatic rings. The number of hydrogen-bond donors (Lipinski definition) is 1. The largest absolute Gasteiger partial charge is 0.392 e. The summed E-state index contributed by atoms with van der Waals surface area (Å²) >= 11 is 0. The van der Waals surface area contributed by atoms with Crippen LogP contribution in [0, 0.1) is 5.41 Å². The molecule has 0 spiro atoms. The molecule has 0 aromatic carbocycles. The Hall–Kier alpha value is -0.560. The third kappa shape index (κ3) is 1.54. The van der Waals surface area contributed by atoms with E-state index in [0.717, 1.165) is 17.6 Å². The van der Waals surface area contributed by atoms with Crippen LogP contribution in [0.15, 0.2) is 24.3 Å². The maximum atomic E-state index is 9.62. The first-order valence-corrected chi connectivity index (χ1v) is 3.97. The Morgan fingerprint density at radius 1 is 1.36 bits per heavy atom. The molecule has 1 unspecified atom stereocenters. The molecule has 1 heteroatoms. The Balaban J connectivity index is 2.78. The van der Waals surface area contributed by atoms with Crippen LogP contribution in [0.2, 0.25) is 0 Å². The van der Waals surface area contributed by atoms with Gasteiger partial charge in [0.15, 0.2) is 0 Å². The van der Waals surface area contributed by atoms with Crippen molar-refractivity contribution in [3.8, 4) is 0 Å². The van der Waals surface area contributed by atoms with E-state index in [0.29, 0.717) is 6.42 Å². The Bertz CT molecular complexity index is 201. The smallest absolute Gasteiger partial charge is 0.0634 e. The van der Waals surface area contributed by atoms with Crippen molar-refractivity contribution in [3.05, 3.63) is 24.3 Å². The quantitative estimate of drug-likeness (QED) is 0.564. The van der Waals surface area contributed by atoms with Crippen LogP contribution in [0.1, 0.15) is 26.7 Å². The summed E-state index contributed by atoms with van der Waals surface area (Å²) in [5.41, 5.74) is 2.09. The molecule has 1 saturated carbocycles. The molecule has 1 aliphatic carbocycles. The lowest BCUT2D eigenvalue weighted by Crippen LogP contribution is -2.34. The summed E-state index contributed by atoms with van der Waals surface area (Å²) < 4.78 is 0. The topological polar surface area (TPSA) is 20.2 Å². The van der Waals surface area contributed by atoms with Gasteiger partial charge in [0.25, 0.3) is 0 Å². The number of rotatable bonds is 0. The molecule has 0 saturated heterocycles. The first-order valence-electron chi connectivity index (χ1n) is 3.97. The molecule has 0 aliphatic heterocycles. The minimum atomic E-state index is -0.250. The maximum Gasteiger partial charge on any atom is 0.0634 e. The van der Waals surface area contributed by atoms with E-state index in [1.807, 2.05) is 0 Å². The highest BCUT2D eigenvalue weighted by molar-refractivity contribution is 5.30. The molecule has 0 bridgehead atoms. The molecule has 1 rings (SSSR count). The minimum absolute atomic E-state index is 0.0156. The Morgan fingerprint density at radius 3 is 2.36 bits per heavy atom. The van der Waals surface area contributed by atoms with E-state index in [4.69, 9.17) is 0 Å². The van der Waals surface area contributed by atoms with E-state index >= 15 is 0 Å². The van der Waals surface area contributed by atoms with Crippen molar-refractivity contribution in [2.45, 2.75) is 32.8 Å². The average Bonchev–Trinajstić information content (AvgIpc) is 1.83. The first-order chi connectivity index (χ1) is 4.93.